The summed E-state index contributed by atoms with van der Waals surface area (Å²) in [5, 5.41) is 1.82. The van der Waals surface area contributed by atoms with Gasteiger partial charge in [-0.25, -0.2) is 4.79 Å². The molecular weight excluding hydrogens is 378 g/mol. The minimum atomic E-state index is -0.523. The van der Waals surface area contributed by atoms with Crippen LogP contribution in [0.4, 0.5) is 5.69 Å². The van der Waals surface area contributed by atoms with Crippen molar-refractivity contribution >= 4 is 34.2 Å². The van der Waals surface area contributed by atoms with Crippen LogP contribution >= 0.6 is 0 Å². The Morgan fingerprint density at radius 2 is 1.50 bits per heavy atom. The van der Waals surface area contributed by atoms with Crippen molar-refractivity contribution in [3.63, 3.8) is 0 Å². The first-order valence-electron chi connectivity index (χ1n) is 10.3. The molecule has 2 aliphatic rings. The Morgan fingerprint density at radius 3 is 2.27 bits per heavy atom. The van der Waals surface area contributed by atoms with Gasteiger partial charge in [-0.3, -0.25) is 14.5 Å². The van der Waals surface area contributed by atoms with Gasteiger partial charge in [0.05, 0.1) is 23.1 Å². The molecule has 5 heteroatoms. The van der Waals surface area contributed by atoms with Gasteiger partial charge in [0.25, 0.3) is 0 Å². The van der Waals surface area contributed by atoms with Crippen molar-refractivity contribution in [3.8, 4) is 5.75 Å². The second-order valence-electron chi connectivity index (χ2n) is 7.93. The molecule has 3 aromatic carbocycles. The number of ether oxygens (including phenoxy) is 1. The quantitative estimate of drug-likeness (QED) is 0.363. The van der Waals surface area contributed by atoms with Crippen LogP contribution in [0.15, 0.2) is 66.7 Å². The predicted molar refractivity (Wildman–Crippen MR) is 113 cm³/mol. The number of rotatable bonds is 3. The van der Waals surface area contributed by atoms with Crippen molar-refractivity contribution in [1.82, 2.24) is 0 Å². The number of benzene rings is 3. The Morgan fingerprint density at radius 1 is 0.833 bits per heavy atom. The summed E-state index contributed by atoms with van der Waals surface area (Å²) in [6, 6.07) is 19.8. The first kappa shape index (κ1) is 18.6. The van der Waals surface area contributed by atoms with E-state index in [-0.39, 0.29) is 23.7 Å². The van der Waals surface area contributed by atoms with Crippen LogP contribution in [0.2, 0.25) is 0 Å². The van der Waals surface area contributed by atoms with Gasteiger partial charge in [0.15, 0.2) is 0 Å². The molecule has 1 saturated carbocycles. The van der Waals surface area contributed by atoms with Gasteiger partial charge >= 0.3 is 5.97 Å². The second kappa shape index (κ2) is 7.41. The Bertz CT molecular complexity index is 1140. The number of carbonyl (C=O) groups excluding carboxylic acids is 3. The molecule has 1 aliphatic heterocycles. The van der Waals surface area contributed by atoms with Crippen LogP contribution in [0, 0.1) is 11.8 Å². The third kappa shape index (κ3) is 3.07. The average molecular weight is 399 g/mol. The van der Waals surface area contributed by atoms with E-state index in [1.807, 2.05) is 36.4 Å². The SMILES string of the molecule is O=C(Oc1cccc2ccccc12)c1cccc(N2C(=O)[C@@H]3CCCC[C@H]3C2=O)c1. The van der Waals surface area contributed by atoms with E-state index in [4.69, 9.17) is 4.74 Å². The molecule has 3 aromatic rings. The fourth-order valence-electron chi connectivity index (χ4n) is 4.63. The van der Waals surface area contributed by atoms with E-state index in [0.29, 0.717) is 17.0 Å². The van der Waals surface area contributed by atoms with E-state index in [2.05, 4.69) is 0 Å². The maximum atomic E-state index is 12.9. The third-order valence-corrected chi connectivity index (χ3v) is 6.13. The Kier molecular flexibility index (Phi) is 4.58. The van der Waals surface area contributed by atoms with Crippen LogP contribution < -0.4 is 9.64 Å². The van der Waals surface area contributed by atoms with Gasteiger partial charge in [-0.2, -0.15) is 0 Å². The number of esters is 1. The molecule has 2 fully saturated rings. The van der Waals surface area contributed by atoms with E-state index >= 15 is 0 Å². The average Bonchev–Trinajstić information content (AvgIpc) is 3.04. The molecule has 0 N–H and O–H groups in total. The zero-order valence-electron chi connectivity index (χ0n) is 16.4. The lowest BCUT2D eigenvalue weighted by atomic mass is 9.81. The fourth-order valence-corrected chi connectivity index (χ4v) is 4.63. The molecule has 5 rings (SSSR count). The number of hydrogen-bond donors (Lipinski definition) is 0. The molecule has 1 aliphatic carbocycles. The highest BCUT2D eigenvalue weighted by Crippen LogP contribution is 2.40. The van der Waals surface area contributed by atoms with Crippen molar-refractivity contribution in [2.75, 3.05) is 4.90 Å². The highest BCUT2D eigenvalue weighted by atomic mass is 16.5. The van der Waals surface area contributed by atoms with Gasteiger partial charge in [0.1, 0.15) is 5.75 Å². The monoisotopic (exact) mass is 399 g/mol. The second-order valence-corrected chi connectivity index (χ2v) is 7.93. The number of carbonyl (C=O) groups is 3. The number of anilines is 1. The summed E-state index contributed by atoms with van der Waals surface area (Å²) >= 11 is 0. The summed E-state index contributed by atoms with van der Waals surface area (Å²) in [4.78, 5) is 39.8. The highest BCUT2D eigenvalue weighted by molar-refractivity contribution is 6.22. The van der Waals surface area contributed by atoms with Gasteiger partial charge < -0.3 is 4.74 Å². The lowest BCUT2D eigenvalue weighted by Gasteiger charge is -2.19. The van der Waals surface area contributed by atoms with Crippen molar-refractivity contribution in [2.24, 2.45) is 11.8 Å². The molecular formula is C25H21NO4. The lowest BCUT2D eigenvalue weighted by molar-refractivity contribution is -0.122. The summed E-state index contributed by atoms with van der Waals surface area (Å²) in [7, 11) is 0. The van der Waals surface area contributed by atoms with E-state index in [9.17, 15) is 14.4 Å². The minimum absolute atomic E-state index is 0.149. The molecule has 0 radical (unpaired) electrons. The zero-order valence-corrected chi connectivity index (χ0v) is 16.4. The molecule has 2 atom stereocenters. The smallest absolute Gasteiger partial charge is 0.343 e. The number of fused-ring (bicyclic) bond motifs is 2. The lowest BCUT2D eigenvalue weighted by Crippen LogP contribution is -2.31. The summed E-state index contributed by atoms with van der Waals surface area (Å²) in [5.41, 5.74) is 0.739. The van der Waals surface area contributed by atoms with Crippen LogP contribution in [0.3, 0.4) is 0 Å². The minimum Gasteiger partial charge on any atom is -0.422 e. The van der Waals surface area contributed by atoms with Crippen molar-refractivity contribution < 1.29 is 19.1 Å². The van der Waals surface area contributed by atoms with Crippen molar-refractivity contribution in [3.05, 3.63) is 72.3 Å². The zero-order chi connectivity index (χ0) is 20.7. The molecule has 0 bridgehead atoms. The normalized spacial score (nSPS) is 21.0. The van der Waals surface area contributed by atoms with Crippen LogP contribution in [-0.2, 0) is 9.59 Å². The largest absolute Gasteiger partial charge is 0.422 e. The molecule has 1 saturated heterocycles. The first-order chi connectivity index (χ1) is 14.6. The fraction of sp³-hybridized carbons (Fsp3) is 0.240. The molecule has 0 spiro atoms. The van der Waals surface area contributed by atoms with E-state index < -0.39 is 5.97 Å². The van der Waals surface area contributed by atoms with Crippen molar-refractivity contribution in [2.45, 2.75) is 25.7 Å². The summed E-state index contributed by atoms with van der Waals surface area (Å²) in [6.45, 7) is 0. The molecule has 1 heterocycles. The summed E-state index contributed by atoms with van der Waals surface area (Å²) < 4.78 is 5.65. The maximum absolute atomic E-state index is 12.9. The van der Waals surface area contributed by atoms with E-state index in [1.54, 1.807) is 30.3 Å². The Labute approximate surface area is 174 Å². The van der Waals surface area contributed by atoms with E-state index in [1.165, 1.54) is 4.90 Å². The predicted octanol–water partition coefficient (Wildman–Crippen LogP) is 4.74. The summed E-state index contributed by atoms with van der Waals surface area (Å²) in [6.07, 6.45) is 3.47. The molecule has 0 unspecified atom stereocenters. The molecule has 30 heavy (non-hydrogen) atoms. The number of hydrogen-bond acceptors (Lipinski definition) is 4. The molecule has 0 aromatic heterocycles. The van der Waals surface area contributed by atoms with Crippen LogP contribution in [0.1, 0.15) is 36.0 Å². The van der Waals surface area contributed by atoms with Crippen molar-refractivity contribution in [1.29, 1.82) is 0 Å². The third-order valence-electron chi connectivity index (χ3n) is 6.13. The molecule has 150 valence electrons. The number of amides is 2. The first-order valence-corrected chi connectivity index (χ1v) is 10.3. The maximum Gasteiger partial charge on any atom is 0.343 e. The van der Waals surface area contributed by atoms with Crippen LogP contribution in [0.25, 0.3) is 10.8 Å². The Balaban J connectivity index is 1.43. The van der Waals surface area contributed by atoms with Crippen LogP contribution in [-0.4, -0.2) is 17.8 Å². The summed E-state index contributed by atoms with van der Waals surface area (Å²) in [5.74, 6) is -0.795. The van der Waals surface area contributed by atoms with E-state index in [0.717, 1.165) is 36.5 Å². The van der Waals surface area contributed by atoms with Gasteiger partial charge in [-0.1, -0.05) is 55.3 Å². The van der Waals surface area contributed by atoms with Gasteiger partial charge in [-0.05, 0) is 42.5 Å². The van der Waals surface area contributed by atoms with Gasteiger partial charge in [0.2, 0.25) is 11.8 Å². The standard InChI is InChI=1S/C25H21NO4/c27-23-20-12-3-4-13-21(20)24(28)26(23)18-10-5-9-17(15-18)25(29)30-22-14-6-8-16-7-1-2-11-19(16)22/h1-2,5-11,14-15,20-21H,3-4,12-13H2/t20-,21-/m1/s1. The topological polar surface area (TPSA) is 63.7 Å². The van der Waals surface area contributed by atoms with Gasteiger partial charge in [0, 0.05) is 5.39 Å². The number of imide groups is 1. The molecule has 2 amide bonds. The molecule has 5 nitrogen and oxygen atoms in total. The number of nitrogens with zero attached hydrogens (tertiary/aromatic N) is 1. The van der Waals surface area contributed by atoms with Crippen LogP contribution in [0.5, 0.6) is 5.75 Å². The van der Waals surface area contributed by atoms with Gasteiger partial charge in [-0.15, -0.1) is 0 Å². The Hall–Kier alpha value is -3.47. The highest BCUT2D eigenvalue weighted by Gasteiger charge is 2.48.